The molecule has 142 valence electrons. The Morgan fingerprint density at radius 1 is 1.04 bits per heavy atom. The van der Waals surface area contributed by atoms with Crippen LogP contribution in [0.4, 0.5) is 5.69 Å². The lowest BCUT2D eigenvalue weighted by atomic mass is 10.00. The molecule has 5 nitrogen and oxygen atoms in total. The first-order valence-corrected chi connectivity index (χ1v) is 9.92. The first-order chi connectivity index (χ1) is 12.5. The van der Waals surface area contributed by atoms with Crippen molar-refractivity contribution in [3.8, 4) is 0 Å². The van der Waals surface area contributed by atoms with Gasteiger partial charge in [-0.3, -0.25) is 9.59 Å². The highest BCUT2D eigenvalue weighted by Gasteiger charge is 2.35. The van der Waals surface area contributed by atoms with Gasteiger partial charge in [-0.05, 0) is 50.3 Å². The van der Waals surface area contributed by atoms with Crippen LogP contribution in [0.5, 0.6) is 0 Å². The van der Waals surface area contributed by atoms with Crippen LogP contribution < -0.4 is 4.90 Å². The first kappa shape index (κ1) is 18.7. The highest BCUT2D eigenvalue weighted by atomic mass is 16.2. The summed E-state index contributed by atoms with van der Waals surface area (Å²) in [6.07, 6.45) is 3.33. The van der Waals surface area contributed by atoms with Crippen LogP contribution in [0.25, 0.3) is 0 Å². The predicted octanol–water partition coefficient (Wildman–Crippen LogP) is 2.74. The minimum absolute atomic E-state index is 0.108. The van der Waals surface area contributed by atoms with Crippen molar-refractivity contribution in [1.82, 2.24) is 9.80 Å². The summed E-state index contributed by atoms with van der Waals surface area (Å²) in [6.45, 7) is 10.1. The number of rotatable bonds is 3. The lowest BCUT2D eigenvalue weighted by Crippen LogP contribution is -2.57. The number of anilines is 1. The SMILES string of the molecule is CCC(=O)N1CCCCC1C(=O)N1CCN(c2cccc(C)c2C)CC1. The van der Waals surface area contributed by atoms with Crippen LogP contribution in [0.3, 0.4) is 0 Å². The Bertz CT molecular complexity index is 665. The van der Waals surface area contributed by atoms with E-state index in [0.29, 0.717) is 6.42 Å². The van der Waals surface area contributed by atoms with E-state index in [0.717, 1.165) is 52.0 Å². The summed E-state index contributed by atoms with van der Waals surface area (Å²) in [7, 11) is 0. The van der Waals surface area contributed by atoms with E-state index < -0.39 is 0 Å². The van der Waals surface area contributed by atoms with Crippen LogP contribution >= 0.6 is 0 Å². The number of nitrogens with zero attached hydrogens (tertiary/aromatic N) is 3. The summed E-state index contributed by atoms with van der Waals surface area (Å²) in [5.74, 6) is 0.254. The largest absolute Gasteiger partial charge is 0.368 e. The maximum atomic E-state index is 13.1. The Labute approximate surface area is 156 Å². The summed E-state index contributed by atoms with van der Waals surface area (Å²) in [5.41, 5.74) is 3.90. The fourth-order valence-electron chi connectivity index (χ4n) is 4.15. The predicted molar refractivity (Wildman–Crippen MR) is 104 cm³/mol. The average Bonchev–Trinajstić information content (AvgIpc) is 2.69. The van der Waals surface area contributed by atoms with Crippen LogP contribution in [0.1, 0.15) is 43.7 Å². The molecule has 2 heterocycles. The van der Waals surface area contributed by atoms with Gasteiger partial charge < -0.3 is 14.7 Å². The molecule has 1 atom stereocenters. The summed E-state index contributed by atoms with van der Waals surface area (Å²) in [6, 6.07) is 6.16. The van der Waals surface area contributed by atoms with Crippen molar-refractivity contribution in [2.45, 2.75) is 52.5 Å². The van der Waals surface area contributed by atoms with Gasteiger partial charge in [0.25, 0.3) is 0 Å². The third kappa shape index (κ3) is 3.71. The van der Waals surface area contributed by atoms with Gasteiger partial charge in [-0.25, -0.2) is 0 Å². The summed E-state index contributed by atoms with van der Waals surface area (Å²) in [5, 5.41) is 0. The van der Waals surface area contributed by atoms with Crippen molar-refractivity contribution in [3.63, 3.8) is 0 Å². The van der Waals surface area contributed by atoms with Crippen molar-refractivity contribution < 1.29 is 9.59 Å². The molecule has 26 heavy (non-hydrogen) atoms. The van der Waals surface area contributed by atoms with E-state index in [1.807, 2.05) is 16.7 Å². The smallest absolute Gasteiger partial charge is 0.245 e. The maximum Gasteiger partial charge on any atom is 0.245 e. The lowest BCUT2D eigenvalue weighted by Gasteiger charge is -2.41. The summed E-state index contributed by atoms with van der Waals surface area (Å²) < 4.78 is 0. The monoisotopic (exact) mass is 357 g/mol. The minimum Gasteiger partial charge on any atom is -0.368 e. The zero-order valence-corrected chi connectivity index (χ0v) is 16.3. The van der Waals surface area contributed by atoms with Crippen molar-refractivity contribution in [3.05, 3.63) is 29.3 Å². The van der Waals surface area contributed by atoms with Crippen molar-refractivity contribution in [2.24, 2.45) is 0 Å². The van der Waals surface area contributed by atoms with Crippen LogP contribution in [0.15, 0.2) is 18.2 Å². The average molecular weight is 357 g/mol. The Hall–Kier alpha value is -2.04. The van der Waals surface area contributed by atoms with E-state index in [-0.39, 0.29) is 17.9 Å². The van der Waals surface area contributed by atoms with Gasteiger partial charge in [0.2, 0.25) is 11.8 Å². The minimum atomic E-state index is -0.247. The van der Waals surface area contributed by atoms with Gasteiger partial charge in [-0.2, -0.15) is 0 Å². The molecular formula is C21H31N3O2. The number of piperazine rings is 1. The topological polar surface area (TPSA) is 43.9 Å². The molecule has 2 fully saturated rings. The molecule has 2 saturated heterocycles. The number of likely N-dealkylation sites (tertiary alicyclic amines) is 1. The molecule has 0 saturated carbocycles. The van der Waals surface area contributed by atoms with Crippen LogP contribution in [0, 0.1) is 13.8 Å². The van der Waals surface area contributed by atoms with Gasteiger partial charge in [0.05, 0.1) is 0 Å². The Morgan fingerprint density at radius 3 is 2.46 bits per heavy atom. The quantitative estimate of drug-likeness (QED) is 0.835. The fourth-order valence-corrected chi connectivity index (χ4v) is 4.15. The van der Waals surface area contributed by atoms with Gasteiger partial charge in [-0.1, -0.05) is 19.1 Å². The third-order valence-electron chi connectivity index (χ3n) is 5.92. The van der Waals surface area contributed by atoms with E-state index in [2.05, 4.69) is 36.9 Å². The molecule has 2 aliphatic rings. The van der Waals surface area contributed by atoms with Crippen LogP contribution in [0.2, 0.25) is 0 Å². The molecule has 5 heteroatoms. The molecule has 3 rings (SSSR count). The number of piperidine rings is 1. The van der Waals surface area contributed by atoms with Crippen molar-refractivity contribution in [1.29, 1.82) is 0 Å². The molecule has 0 N–H and O–H groups in total. The third-order valence-corrected chi connectivity index (χ3v) is 5.92. The molecule has 1 unspecified atom stereocenters. The van der Waals surface area contributed by atoms with Gasteiger partial charge >= 0.3 is 0 Å². The Morgan fingerprint density at radius 2 is 1.77 bits per heavy atom. The molecule has 1 aromatic rings. The van der Waals surface area contributed by atoms with E-state index >= 15 is 0 Å². The molecular weight excluding hydrogens is 326 g/mol. The summed E-state index contributed by atoms with van der Waals surface area (Å²) in [4.78, 5) is 31.4. The number of benzene rings is 1. The highest BCUT2D eigenvalue weighted by Crippen LogP contribution is 2.25. The van der Waals surface area contributed by atoms with Crippen molar-refractivity contribution >= 4 is 17.5 Å². The van der Waals surface area contributed by atoms with Gasteiger partial charge in [0.1, 0.15) is 6.04 Å². The summed E-state index contributed by atoms with van der Waals surface area (Å²) >= 11 is 0. The number of hydrogen-bond donors (Lipinski definition) is 0. The zero-order chi connectivity index (χ0) is 18.7. The number of amides is 2. The zero-order valence-electron chi connectivity index (χ0n) is 16.3. The van der Waals surface area contributed by atoms with E-state index in [1.165, 1.54) is 16.8 Å². The molecule has 0 radical (unpaired) electrons. The number of aryl methyl sites for hydroxylation is 1. The molecule has 2 aliphatic heterocycles. The molecule has 1 aromatic carbocycles. The number of carbonyl (C=O) groups is 2. The highest BCUT2D eigenvalue weighted by molar-refractivity contribution is 5.88. The Balaban J connectivity index is 1.64. The maximum absolute atomic E-state index is 13.1. The number of hydrogen-bond acceptors (Lipinski definition) is 3. The lowest BCUT2D eigenvalue weighted by molar-refractivity contribution is -0.147. The Kier molecular flexibility index (Phi) is 5.84. The fraction of sp³-hybridized carbons (Fsp3) is 0.619. The van der Waals surface area contributed by atoms with Gasteiger partial charge in [0.15, 0.2) is 0 Å². The molecule has 2 amide bonds. The molecule has 0 aromatic heterocycles. The van der Waals surface area contributed by atoms with Crippen molar-refractivity contribution in [2.75, 3.05) is 37.6 Å². The second-order valence-corrected chi connectivity index (χ2v) is 7.48. The van der Waals surface area contributed by atoms with Crippen LogP contribution in [-0.4, -0.2) is 60.4 Å². The molecule has 0 bridgehead atoms. The van der Waals surface area contributed by atoms with E-state index in [9.17, 15) is 9.59 Å². The van der Waals surface area contributed by atoms with Gasteiger partial charge in [-0.15, -0.1) is 0 Å². The standard InChI is InChI=1S/C21H31N3O2/c1-4-20(25)24-11-6-5-9-19(24)21(26)23-14-12-22(13-15-23)18-10-7-8-16(2)17(18)3/h7-8,10,19H,4-6,9,11-15H2,1-3H3. The second-order valence-electron chi connectivity index (χ2n) is 7.48. The molecule has 0 aliphatic carbocycles. The molecule has 0 spiro atoms. The van der Waals surface area contributed by atoms with Crippen LogP contribution in [-0.2, 0) is 9.59 Å². The number of carbonyl (C=O) groups excluding carboxylic acids is 2. The van der Waals surface area contributed by atoms with Gasteiger partial charge in [0, 0.05) is 44.8 Å². The van der Waals surface area contributed by atoms with E-state index in [4.69, 9.17) is 0 Å². The second kappa shape index (κ2) is 8.11. The normalized spacial score (nSPS) is 21.0. The first-order valence-electron chi connectivity index (χ1n) is 9.92. The van der Waals surface area contributed by atoms with E-state index in [1.54, 1.807) is 0 Å².